The van der Waals surface area contributed by atoms with Gasteiger partial charge in [0.1, 0.15) is 17.9 Å². The highest BCUT2D eigenvalue weighted by Crippen LogP contribution is 2.29. The van der Waals surface area contributed by atoms with Crippen LogP contribution >= 0.6 is 0 Å². The van der Waals surface area contributed by atoms with E-state index < -0.39 is 0 Å². The molecular weight excluding hydrogens is 452 g/mol. The van der Waals surface area contributed by atoms with Crippen LogP contribution in [0.3, 0.4) is 0 Å². The number of rotatable bonds is 6. The van der Waals surface area contributed by atoms with Crippen molar-refractivity contribution >= 4 is 21.8 Å². The van der Waals surface area contributed by atoms with Crippen molar-refractivity contribution in [1.29, 1.82) is 0 Å². The first-order valence-electron chi connectivity index (χ1n) is 12.3. The van der Waals surface area contributed by atoms with E-state index >= 15 is 0 Å². The third kappa shape index (κ3) is 4.39. The molecule has 3 aromatic heterocycles. The minimum Gasteiger partial charge on any atom is -0.492 e. The molecule has 1 aliphatic rings. The zero-order valence-corrected chi connectivity index (χ0v) is 20.2. The highest BCUT2D eigenvalue weighted by Gasteiger charge is 2.12. The summed E-state index contributed by atoms with van der Waals surface area (Å²) in [4.78, 5) is 22.7. The molecule has 7 heteroatoms. The third-order valence-electron chi connectivity index (χ3n) is 6.83. The molecular formula is C29H28N4O3. The molecule has 0 amide bonds. The van der Waals surface area contributed by atoms with Gasteiger partial charge in [-0.2, -0.15) is 0 Å². The number of hydrogen-bond donors (Lipinski definition) is 1. The maximum Gasteiger partial charge on any atom is 0.274 e. The van der Waals surface area contributed by atoms with E-state index in [1.54, 1.807) is 17.8 Å². The van der Waals surface area contributed by atoms with E-state index in [9.17, 15) is 4.79 Å². The summed E-state index contributed by atoms with van der Waals surface area (Å²) in [6, 6.07) is 20.6. The lowest BCUT2D eigenvalue weighted by Crippen LogP contribution is -2.38. The molecule has 0 unspecified atom stereocenters. The number of benzene rings is 2. The minimum atomic E-state index is -0.0438. The van der Waals surface area contributed by atoms with Gasteiger partial charge in [-0.05, 0) is 47.5 Å². The molecule has 36 heavy (non-hydrogen) atoms. The Morgan fingerprint density at radius 2 is 1.81 bits per heavy atom. The Kier molecular flexibility index (Phi) is 6.01. The molecule has 0 radical (unpaired) electrons. The normalized spacial score (nSPS) is 14.5. The summed E-state index contributed by atoms with van der Waals surface area (Å²) in [6.45, 7) is 5.15. The summed E-state index contributed by atoms with van der Waals surface area (Å²) >= 11 is 0. The minimum absolute atomic E-state index is 0.0438. The zero-order valence-electron chi connectivity index (χ0n) is 20.2. The highest BCUT2D eigenvalue weighted by atomic mass is 16.5. The number of nitrogens with one attached hydrogen (secondary N) is 1. The van der Waals surface area contributed by atoms with E-state index in [0.29, 0.717) is 12.1 Å². The topological polar surface area (TPSA) is 72.4 Å². The number of morpholine rings is 1. The summed E-state index contributed by atoms with van der Waals surface area (Å²) in [5.74, 6) is 0.882. The van der Waals surface area contributed by atoms with E-state index in [1.165, 1.54) is 0 Å². The second-order valence-corrected chi connectivity index (χ2v) is 9.16. The Labute approximate surface area is 208 Å². The molecule has 0 aliphatic carbocycles. The molecule has 0 spiro atoms. The van der Waals surface area contributed by atoms with Gasteiger partial charge >= 0.3 is 0 Å². The van der Waals surface area contributed by atoms with E-state index in [1.807, 2.05) is 30.5 Å². The lowest BCUT2D eigenvalue weighted by atomic mass is 10.0. The van der Waals surface area contributed by atoms with Gasteiger partial charge in [-0.15, -0.1) is 0 Å². The number of aromatic nitrogens is 3. The molecule has 0 atom stereocenters. The maximum atomic E-state index is 12.4. The van der Waals surface area contributed by atoms with Crippen LogP contribution in [0, 0.1) is 0 Å². The zero-order chi connectivity index (χ0) is 24.5. The van der Waals surface area contributed by atoms with Crippen LogP contribution in [0.1, 0.15) is 0 Å². The van der Waals surface area contributed by atoms with Crippen molar-refractivity contribution in [2.45, 2.75) is 0 Å². The number of aryl methyl sites for hydroxylation is 1. The van der Waals surface area contributed by atoms with Crippen molar-refractivity contribution in [2.24, 2.45) is 7.05 Å². The number of aromatic amines is 1. The van der Waals surface area contributed by atoms with Gasteiger partial charge in [0.05, 0.1) is 24.4 Å². The molecule has 0 saturated carbocycles. The maximum absolute atomic E-state index is 12.4. The van der Waals surface area contributed by atoms with E-state index in [2.05, 4.69) is 46.3 Å². The van der Waals surface area contributed by atoms with Crippen molar-refractivity contribution in [1.82, 2.24) is 19.4 Å². The first kappa shape index (κ1) is 22.5. The molecule has 182 valence electrons. The van der Waals surface area contributed by atoms with Crippen LogP contribution in [0.2, 0.25) is 0 Å². The number of pyridine rings is 2. The van der Waals surface area contributed by atoms with Crippen LogP contribution in [0.25, 0.3) is 44.2 Å². The quantitative estimate of drug-likeness (QED) is 0.389. The molecule has 2 aromatic carbocycles. The van der Waals surface area contributed by atoms with Crippen LogP contribution in [0.15, 0.2) is 77.9 Å². The second-order valence-electron chi connectivity index (χ2n) is 9.16. The summed E-state index contributed by atoms with van der Waals surface area (Å²) in [6.07, 6.45) is 3.65. The van der Waals surface area contributed by atoms with E-state index in [-0.39, 0.29) is 5.56 Å². The fourth-order valence-corrected chi connectivity index (χ4v) is 4.79. The molecule has 1 N–H and O–H groups in total. The average molecular weight is 481 g/mol. The van der Waals surface area contributed by atoms with Gasteiger partial charge in [0, 0.05) is 55.4 Å². The highest BCUT2D eigenvalue weighted by molar-refractivity contribution is 5.95. The Hall–Kier alpha value is -3.94. The van der Waals surface area contributed by atoms with Gasteiger partial charge in [0.25, 0.3) is 5.56 Å². The smallest absolute Gasteiger partial charge is 0.274 e. The Balaban J connectivity index is 1.20. The van der Waals surface area contributed by atoms with Gasteiger partial charge < -0.3 is 19.0 Å². The van der Waals surface area contributed by atoms with E-state index in [4.69, 9.17) is 14.5 Å². The lowest BCUT2D eigenvalue weighted by molar-refractivity contribution is 0.0322. The number of H-pyrrole nitrogens is 1. The predicted molar refractivity (Wildman–Crippen MR) is 142 cm³/mol. The molecule has 6 rings (SSSR count). The van der Waals surface area contributed by atoms with Gasteiger partial charge in [-0.3, -0.25) is 9.69 Å². The largest absolute Gasteiger partial charge is 0.492 e. The first-order chi connectivity index (χ1) is 17.7. The van der Waals surface area contributed by atoms with Crippen molar-refractivity contribution in [3.63, 3.8) is 0 Å². The van der Waals surface area contributed by atoms with Crippen LogP contribution in [0.4, 0.5) is 0 Å². The van der Waals surface area contributed by atoms with Crippen molar-refractivity contribution < 1.29 is 9.47 Å². The van der Waals surface area contributed by atoms with E-state index in [0.717, 1.165) is 77.3 Å². The van der Waals surface area contributed by atoms with Crippen molar-refractivity contribution in [2.75, 3.05) is 39.5 Å². The van der Waals surface area contributed by atoms with Crippen molar-refractivity contribution in [3.8, 4) is 28.1 Å². The Morgan fingerprint density at radius 1 is 1.00 bits per heavy atom. The number of ether oxygens (including phenoxy) is 2. The summed E-state index contributed by atoms with van der Waals surface area (Å²) in [7, 11) is 1.76. The van der Waals surface area contributed by atoms with Crippen LogP contribution < -0.4 is 10.3 Å². The van der Waals surface area contributed by atoms with Crippen LogP contribution in [0.5, 0.6) is 5.75 Å². The Bertz CT molecular complexity index is 1580. The van der Waals surface area contributed by atoms with Gasteiger partial charge in [-0.25, -0.2) is 4.98 Å². The Morgan fingerprint density at radius 3 is 2.64 bits per heavy atom. The second kappa shape index (κ2) is 9.60. The molecule has 7 nitrogen and oxygen atoms in total. The van der Waals surface area contributed by atoms with Crippen LogP contribution in [-0.2, 0) is 11.8 Å². The third-order valence-corrected chi connectivity index (χ3v) is 6.83. The van der Waals surface area contributed by atoms with Crippen LogP contribution in [-0.4, -0.2) is 58.9 Å². The molecule has 1 fully saturated rings. The first-order valence-corrected chi connectivity index (χ1v) is 12.3. The monoisotopic (exact) mass is 480 g/mol. The standard InChI is InChI=1S/C29H28N4O3/c1-32-19-25(24-10-11-30-28(24)29(32)34)27-9-5-22-18-21(4-8-26(22)31-27)20-2-6-23(7-3-20)36-17-14-33-12-15-35-16-13-33/h2-11,18-19,30H,12-17H2,1H3. The number of fused-ring (bicyclic) bond motifs is 2. The number of hydrogen-bond acceptors (Lipinski definition) is 5. The van der Waals surface area contributed by atoms with Crippen molar-refractivity contribution in [3.05, 3.63) is 83.4 Å². The molecule has 0 bridgehead atoms. The lowest BCUT2D eigenvalue weighted by Gasteiger charge is -2.26. The molecule has 1 saturated heterocycles. The fourth-order valence-electron chi connectivity index (χ4n) is 4.79. The molecule has 4 heterocycles. The van der Waals surface area contributed by atoms with Gasteiger partial charge in [-0.1, -0.05) is 24.3 Å². The molecule has 1 aliphatic heterocycles. The fraction of sp³-hybridized carbons (Fsp3) is 0.241. The predicted octanol–water partition coefficient (Wildman–Crippen LogP) is 4.46. The number of nitrogens with zero attached hydrogens (tertiary/aromatic N) is 3. The SMILES string of the molecule is Cn1cc(-c2ccc3cc(-c4ccc(OCCN5CCOCC5)cc4)ccc3n2)c2cc[nH]c2c1=O. The summed E-state index contributed by atoms with van der Waals surface area (Å²) in [5.41, 5.74) is 5.51. The average Bonchev–Trinajstić information content (AvgIpc) is 3.42. The summed E-state index contributed by atoms with van der Waals surface area (Å²) in [5, 5.41) is 1.95. The van der Waals surface area contributed by atoms with Gasteiger partial charge in [0.2, 0.25) is 0 Å². The molecule has 5 aromatic rings. The van der Waals surface area contributed by atoms with Gasteiger partial charge in [0.15, 0.2) is 0 Å². The summed E-state index contributed by atoms with van der Waals surface area (Å²) < 4.78 is 12.9.